The van der Waals surface area contributed by atoms with Crippen LogP contribution in [0.1, 0.15) is 38.7 Å². The first-order valence-electron chi connectivity index (χ1n) is 6.48. The van der Waals surface area contributed by atoms with Crippen molar-refractivity contribution in [3.63, 3.8) is 0 Å². The number of nitrogen functional groups attached to an aromatic ring is 1. The summed E-state index contributed by atoms with van der Waals surface area (Å²) >= 11 is 0. The van der Waals surface area contributed by atoms with Crippen LogP contribution in [0.4, 0.5) is 5.82 Å². The van der Waals surface area contributed by atoms with E-state index < -0.39 is 0 Å². The molecule has 0 aliphatic carbocycles. The van der Waals surface area contributed by atoms with Gasteiger partial charge in [0.05, 0.1) is 0 Å². The number of carbonyl (C=O) groups excluding carboxylic acids is 1. The van der Waals surface area contributed by atoms with E-state index in [4.69, 9.17) is 11.5 Å². The van der Waals surface area contributed by atoms with Crippen LogP contribution in [0.25, 0.3) is 0 Å². The number of aromatic nitrogens is 1. The fraction of sp³-hybridized carbons (Fsp3) is 0.571. The van der Waals surface area contributed by atoms with Gasteiger partial charge in [-0.3, -0.25) is 4.79 Å². The number of pyridine rings is 1. The average molecular weight is 249 g/mol. The van der Waals surface area contributed by atoms with Gasteiger partial charge in [-0.25, -0.2) is 4.98 Å². The quantitative estimate of drug-likeness (QED) is 0.773. The number of anilines is 1. The third-order valence-electron chi connectivity index (χ3n) is 3.14. The largest absolute Gasteiger partial charge is 0.383 e. The van der Waals surface area contributed by atoms with Crippen molar-refractivity contribution in [1.29, 1.82) is 0 Å². The van der Waals surface area contributed by atoms with Gasteiger partial charge in [-0.1, -0.05) is 19.4 Å². The Balaban J connectivity index is 2.43. The van der Waals surface area contributed by atoms with E-state index in [1.807, 2.05) is 19.9 Å². The molecule has 0 aliphatic rings. The van der Waals surface area contributed by atoms with E-state index in [2.05, 4.69) is 4.98 Å². The van der Waals surface area contributed by atoms with Gasteiger partial charge in [0, 0.05) is 30.1 Å². The Hall–Kier alpha value is -1.42. The molecule has 2 atom stereocenters. The topological polar surface area (TPSA) is 82.0 Å². The molecule has 0 saturated heterocycles. The van der Waals surface area contributed by atoms with Crippen LogP contribution in [0.5, 0.6) is 0 Å². The summed E-state index contributed by atoms with van der Waals surface area (Å²) < 4.78 is 0. The Bertz CT molecular complexity index is 390. The zero-order valence-corrected chi connectivity index (χ0v) is 11.2. The Morgan fingerprint density at radius 3 is 2.72 bits per heavy atom. The summed E-state index contributed by atoms with van der Waals surface area (Å²) in [5, 5.41) is 0. The van der Waals surface area contributed by atoms with Gasteiger partial charge in [0.1, 0.15) is 11.6 Å². The lowest BCUT2D eigenvalue weighted by molar-refractivity contribution is -0.121. The zero-order valence-electron chi connectivity index (χ0n) is 11.2. The molecule has 0 aromatic carbocycles. The first-order valence-corrected chi connectivity index (χ1v) is 6.48. The van der Waals surface area contributed by atoms with E-state index >= 15 is 0 Å². The van der Waals surface area contributed by atoms with E-state index in [0.717, 1.165) is 24.8 Å². The van der Waals surface area contributed by atoms with Gasteiger partial charge in [-0.2, -0.15) is 0 Å². The van der Waals surface area contributed by atoms with E-state index in [0.29, 0.717) is 12.2 Å². The monoisotopic (exact) mass is 249 g/mol. The molecule has 0 spiro atoms. The highest BCUT2D eigenvalue weighted by molar-refractivity contribution is 5.83. The minimum absolute atomic E-state index is 0.0587. The third-order valence-corrected chi connectivity index (χ3v) is 3.14. The van der Waals surface area contributed by atoms with Crippen LogP contribution in [0.3, 0.4) is 0 Å². The molecule has 4 N–H and O–H groups in total. The standard InChI is InChI=1S/C14H23N3O/c1-10(5-3-6-11(2)15)13(18)9-12-7-4-8-17-14(12)16/h4,7-8,10-11H,3,5-6,9,15H2,1-2H3,(H2,16,17). The lowest BCUT2D eigenvalue weighted by Gasteiger charge is -2.12. The lowest BCUT2D eigenvalue weighted by Crippen LogP contribution is -2.18. The highest BCUT2D eigenvalue weighted by atomic mass is 16.1. The molecule has 0 bridgehead atoms. The summed E-state index contributed by atoms with van der Waals surface area (Å²) in [5.74, 6) is 0.733. The van der Waals surface area contributed by atoms with Crippen molar-refractivity contribution in [3.8, 4) is 0 Å². The minimum atomic E-state index is 0.0587. The molecule has 1 aromatic rings. The van der Waals surface area contributed by atoms with Crippen molar-refractivity contribution in [2.24, 2.45) is 11.7 Å². The van der Waals surface area contributed by atoms with Crippen LogP contribution in [0, 0.1) is 5.92 Å². The molecule has 1 rings (SSSR count). The van der Waals surface area contributed by atoms with E-state index in [1.54, 1.807) is 12.3 Å². The zero-order chi connectivity index (χ0) is 13.5. The van der Waals surface area contributed by atoms with Gasteiger partial charge in [-0.15, -0.1) is 0 Å². The maximum Gasteiger partial charge on any atom is 0.140 e. The average Bonchev–Trinajstić information content (AvgIpc) is 2.31. The number of hydrogen-bond acceptors (Lipinski definition) is 4. The first kappa shape index (κ1) is 14.6. The molecule has 4 nitrogen and oxygen atoms in total. The molecule has 0 amide bonds. The summed E-state index contributed by atoms with van der Waals surface area (Å²) in [5.41, 5.74) is 12.2. The van der Waals surface area contributed by atoms with Crippen LogP contribution in [-0.2, 0) is 11.2 Å². The number of rotatable bonds is 7. The van der Waals surface area contributed by atoms with Crippen LogP contribution in [-0.4, -0.2) is 16.8 Å². The predicted octanol–water partition coefficient (Wildman–Crippen LogP) is 1.93. The maximum absolute atomic E-state index is 12.0. The fourth-order valence-corrected chi connectivity index (χ4v) is 1.87. The molecule has 4 heteroatoms. The minimum Gasteiger partial charge on any atom is -0.383 e. The van der Waals surface area contributed by atoms with Crippen molar-refractivity contribution >= 4 is 11.6 Å². The van der Waals surface area contributed by atoms with E-state index in [1.165, 1.54) is 0 Å². The second-order valence-electron chi connectivity index (χ2n) is 5.00. The molecule has 0 radical (unpaired) electrons. The van der Waals surface area contributed by atoms with Gasteiger partial charge >= 0.3 is 0 Å². The van der Waals surface area contributed by atoms with Crippen LogP contribution in [0.15, 0.2) is 18.3 Å². The summed E-state index contributed by atoms with van der Waals surface area (Å²) in [4.78, 5) is 16.0. The van der Waals surface area contributed by atoms with Crippen molar-refractivity contribution in [2.75, 3.05) is 5.73 Å². The molecule has 100 valence electrons. The second-order valence-corrected chi connectivity index (χ2v) is 5.00. The highest BCUT2D eigenvalue weighted by Crippen LogP contribution is 2.15. The Morgan fingerprint density at radius 1 is 1.39 bits per heavy atom. The van der Waals surface area contributed by atoms with Crippen molar-refractivity contribution in [3.05, 3.63) is 23.9 Å². The molecule has 1 aromatic heterocycles. The van der Waals surface area contributed by atoms with Gasteiger partial charge < -0.3 is 11.5 Å². The summed E-state index contributed by atoms with van der Waals surface area (Å²) in [7, 11) is 0. The number of carbonyl (C=O) groups is 1. The number of Topliss-reactive ketones (excluding diaryl/α,β-unsaturated/α-hetero) is 1. The molecular weight excluding hydrogens is 226 g/mol. The fourth-order valence-electron chi connectivity index (χ4n) is 1.87. The number of nitrogens with two attached hydrogens (primary N) is 2. The Labute approximate surface area is 109 Å². The van der Waals surface area contributed by atoms with Crippen LogP contribution < -0.4 is 11.5 Å². The van der Waals surface area contributed by atoms with Crippen molar-refractivity contribution in [2.45, 2.75) is 45.6 Å². The molecular formula is C14H23N3O. The van der Waals surface area contributed by atoms with Gasteiger partial charge in [0.25, 0.3) is 0 Å². The molecule has 0 aliphatic heterocycles. The summed E-state index contributed by atoms with van der Waals surface area (Å²) in [6.45, 7) is 3.96. The smallest absolute Gasteiger partial charge is 0.140 e. The first-order chi connectivity index (χ1) is 8.50. The van der Waals surface area contributed by atoms with Crippen molar-refractivity contribution in [1.82, 2.24) is 4.98 Å². The highest BCUT2D eigenvalue weighted by Gasteiger charge is 2.14. The second kappa shape index (κ2) is 7.11. The van der Waals surface area contributed by atoms with Crippen LogP contribution >= 0.6 is 0 Å². The third kappa shape index (κ3) is 4.84. The normalized spacial score (nSPS) is 14.2. The maximum atomic E-state index is 12.0. The Morgan fingerprint density at radius 2 is 2.11 bits per heavy atom. The summed E-state index contributed by atoms with van der Waals surface area (Å²) in [6.07, 6.45) is 4.86. The number of ketones is 1. The lowest BCUT2D eigenvalue weighted by atomic mass is 9.94. The summed E-state index contributed by atoms with van der Waals surface area (Å²) in [6, 6.07) is 3.87. The number of hydrogen-bond donors (Lipinski definition) is 2. The van der Waals surface area contributed by atoms with Crippen LogP contribution in [0.2, 0.25) is 0 Å². The molecule has 1 heterocycles. The SMILES string of the molecule is CC(N)CCCC(C)C(=O)Cc1cccnc1N. The van der Waals surface area contributed by atoms with E-state index in [9.17, 15) is 4.79 Å². The Kier molecular flexibility index (Phi) is 5.78. The molecule has 0 saturated carbocycles. The number of nitrogens with zero attached hydrogens (tertiary/aromatic N) is 1. The van der Waals surface area contributed by atoms with Gasteiger partial charge in [-0.05, 0) is 25.8 Å². The van der Waals surface area contributed by atoms with Crippen molar-refractivity contribution < 1.29 is 4.79 Å². The molecule has 2 unspecified atom stereocenters. The van der Waals surface area contributed by atoms with Gasteiger partial charge in [0.15, 0.2) is 0 Å². The molecule has 18 heavy (non-hydrogen) atoms. The molecule has 0 fully saturated rings. The van der Waals surface area contributed by atoms with Gasteiger partial charge in [0.2, 0.25) is 0 Å². The van der Waals surface area contributed by atoms with E-state index in [-0.39, 0.29) is 17.7 Å². The predicted molar refractivity (Wildman–Crippen MR) is 74.0 cm³/mol.